The number of thiazole rings is 1. The van der Waals surface area contributed by atoms with Gasteiger partial charge >= 0.3 is 0 Å². The zero-order valence-electron chi connectivity index (χ0n) is 16.4. The lowest BCUT2D eigenvalue weighted by Gasteiger charge is -2.29. The summed E-state index contributed by atoms with van der Waals surface area (Å²) in [4.78, 5) is 22.3. The molecule has 0 N–H and O–H groups in total. The molecular weight excluding hydrogens is 465 g/mol. The summed E-state index contributed by atoms with van der Waals surface area (Å²) in [5.41, 5.74) is 2.40. The molecule has 0 unspecified atom stereocenters. The van der Waals surface area contributed by atoms with Crippen LogP contribution in [0.2, 0.25) is 10.0 Å². The summed E-state index contributed by atoms with van der Waals surface area (Å²) in [6.07, 6.45) is 0. The number of hydrogen-bond donors (Lipinski definition) is 0. The second-order valence-electron chi connectivity index (χ2n) is 6.95. The summed E-state index contributed by atoms with van der Waals surface area (Å²) in [6, 6.07) is 11.0. The third-order valence-electron chi connectivity index (χ3n) is 4.99. The minimum Gasteiger partial charge on any atom is -0.379 e. The molecule has 4 rings (SSSR count). The molecular formula is C21H22Cl3N3O2S. The van der Waals surface area contributed by atoms with E-state index in [-0.39, 0.29) is 18.3 Å². The summed E-state index contributed by atoms with van der Waals surface area (Å²) in [6.45, 7) is 6.43. The van der Waals surface area contributed by atoms with Gasteiger partial charge in [-0.1, -0.05) is 46.7 Å². The maximum absolute atomic E-state index is 13.5. The topological polar surface area (TPSA) is 45.7 Å². The van der Waals surface area contributed by atoms with Crippen LogP contribution in [0, 0.1) is 6.92 Å². The molecule has 0 radical (unpaired) electrons. The Morgan fingerprint density at radius 2 is 2.00 bits per heavy atom. The summed E-state index contributed by atoms with van der Waals surface area (Å²) >= 11 is 14.0. The average molecular weight is 487 g/mol. The Balaban J connectivity index is 0.00000256. The minimum atomic E-state index is -0.192. The average Bonchev–Trinajstić information content (AvgIpc) is 3.16. The van der Waals surface area contributed by atoms with E-state index >= 15 is 0 Å². The molecule has 3 aromatic rings. The van der Waals surface area contributed by atoms with Gasteiger partial charge in [-0.3, -0.25) is 14.6 Å². The lowest BCUT2D eigenvalue weighted by atomic mass is 10.2. The van der Waals surface area contributed by atoms with Crippen LogP contribution in [0.3, 0.4) is 0 Å². The molecule has 1 aliphatic heterocycles. The first-order chi connectivity index (χ1) is 14.0. The molecule has 5 nitrogen and oxygen atoms in total. The Kier molecular flexibility index (Phi) is 7.96. The Labute approximate surface area is 195 Å². The van der Waals surface area contributed by atoms with Crippen molar-refractivity contribution in [1.82, 2.24) is 9.88 Å². The molecule has 30 heavy (non-hydrogen) atoms. The van der Waals surface area contributed by atoms with Gasteiger partial charge in [0.05, 0.1) is 34.0 Å². The number of aromatic nitrogens is 1. The van der Waals surface area contributed by atoms with E-state index in [2.05, 4.69) is 4.90 Å². The number of amides is 1. The van der Waals surface area contributed by atoms with Crippen LogP contribution >= 0.6 is 46.9 Å². The predicted octanol–water partition coefficient (Wildman–Crippen LogP) is 5.31. The number of fused-ring (bicyclic) bond motifs is 1. The highest BCUT2D eigenvalue weighted by molar-refractivity contribution is 7.22. The number of carbonyl (C=O) groups excluding carboxylic acids is 1. The Morgan fingerprint density at radius 1 is 1.23 bits per heavy atom. The second-order valence-corrected chi connectivity index (χ2v) is 8.81. The zero-order chi connectivity index (χ0) is 20.4. The number of rotatable bonds is 5. The van der Waals surface area contributed by atoms with Gasteiger partial charge in [0, 0.05) is 31.2 Å². The fourth-order valence-electron chi connectivity index (χ4n) is 3.35. The van der Waals surface area contributed by atoms with E-state index in [9.17, 15) is 4.79 Å². The highest BCUT2D eigenvalue weighted by Gasteiger charge is 2.25. The fraction of sp³-hybridized carbons (Fsp3) is 0.333. The lowest BCUT2D eigenvalue weighted by Crippen LogP contribution is -2.43. The van der Waals surface area contributed by atoms with Crippen molar-refractivity contribution in [3.8, 4) is 0 Å². The van der Waals surface area contributed by atoms with Gasteiger partial charge in [-0.15, -0.1) is 12.4 Å². The SMILES string of the molecule is Cc1cccc2sc(N(CCN3CCOCC3)C(=O)c3cc(Cl)ccc3Cl)nc12.Cl. The van der Waals surface area contributed by atoms with Gasteiger partial charge in [0.2, 0.25) is 0 Å². The maximum atomic E-state index is 13.5. The van der Waals surface area contributed by atoms with Gasteiger partial charge in [-0.05, 0) is 36.8 Å². The molecule has 0 saturated carbocycles. The molecule has 0 bridgehead atoms. The Bertz CT molecular complexity index is 1040. The van der Waals surface area contributed by atoms with Crippen LogP contribution in [0.15, 0.2) is 36.4 Å². The van der Waals surface area contributed by atoms with Crippen LogP contribution in [0.4, 0.5) is 5.13 Å². The fourth-order valence-corrected chi connectivity index (χ4v) is 4.79. The van der Waals surface area contributed by atoms with E-state index in [0.717, 1.165) is 35.4 Å². The van der Waals surface area contributed by atoms with Crippen molar-refractivity contribution in [2.75, 3.05) is 44.3 Å². The molecule has 2 aromatic carbocycles. The molecule has 0 spiro atoms. The van der Waals surface area contributed by atoms with Crippen LogP contribution in [0.1, 0.15) is 15.9 Å². The summed E-state index contributed by atoms with van der Waals surface area (Å²) in [5.74, 6) is -0.192. The summed E-state index contributed by atoms with van der Waals surface area (Å²) in [7, 11) is 0. The standard InChI is InChI=1S/C21H21Cl2N3O2S.ClH/c1-14-3-2-4-18-19(14)24-21(29-18)26(8-7-25-9-11-28-12-10-25)20(27)16-13-15(22)5-6-17(16)23;/h2-6,13H,7-12H2,1H3;1H. The minimum absolute atomic E-state index is 0. The van der Waals surface area contributed by atoms with Gasteiger partial charge in [0.15, 0.2) is 5.13 Å². The third-order valence-corrected chi connectivity index (χ3v) is 6.60. The number of ether oxygens (including phenoxy) is 1. The largest absolute Gasteiger partial charge is 0.379 e. The van der Waals surface area contributed by atoms with Crippen LogP contribution in [-0.4, -0.2) is 55.2 Å². The van der Waals surface area contributed by atoms with Crippen molar-refractivity contribution < 1.29 is 9.53 Å². The van der Waals surface area contributed by atoms with Crippen LogP contribution in [0.5, 0.6) is 0 Å². The molecule has 1 fully saturated rings. The summed E-state index contributed by atoms with van der Waals surface area (Å²) < 4.78 is 6.48. The molecule has 160 valence electrons. The molecule has 1 saturated heterocycles. The van der Waals surface area contributed by atoms with Gasteiger partial charge in [-0.25, -0.2) is 4.98 Å². The second kappa shape index (κ2) is 10.3. The first kappa shape index (κ1) is 23.3. The molecule has 1 aliphatic rings. The van der Waals surface area contributed by atoms with E-state index in [4.69, 9.17) is 32.9 Å². The number of anilines is 1. The number of para-hydroxylation sites is 1. The first-order valence-corrected chi connectivity index (χ1v) is 11.0. The molecule has 2 heterocycles. The summed E-state index contributed by atoms with van der Waals surface area (Å²) in [5, 5.41) is 1.53. The van der Waals surface area contributed by atoms with Gasteiger partial charge in [-0.2, -0.15) is 0 Å². The number of benzene rings is 2. The van der Waals surface area contributed by atoms with E-state index < -0.39 is 0 Å². The molecule has 9 heteroatoms. The monoisotopic (exact) mass is 485 g/mol. The van der Waals surface area contributed by atoms with E-state index in [1.165, 1.54) is 11.3 Å². The van der Waals surface area contributed by atoms with Crippen LogP contribution in [-0.2, 0) is 4.74 Å². The molecule has 1 amide bonds. The van der Waals surface area contributed by atoms with Crippen molar-refractivity contribution in [3.05, 3.63) is 57.6 Å². The Hall–Kier alpha value is -1.41. The van der Waals surface area contributed by atoms with Gasteiger partial charge < -0.3 is 4.74 Å². The number of halogens is 3. The quantitative estimate of drug-likeness (QED) is 0.490. The van der Waals surface area contributed by atoms with E-state index in [1.807, 2.05) is 25.1 Å². The van der Waals surface area contributed by atoms with Crippen molar-refractivity contribution in [2.24, 2.45) is 0 Å². The molecule has 1 aromatic heterocycles. The highest BCUT2D eigenvalue weighted by atomic mass is 35.5. The maximum Gasteiger partial charge on any atom is 0.261 e. The molecule has 0 aliphatic carbocycles. The van der Waals surface area contributed by atoms with E-state index in [1.54, 1.807) is 23.1 Å². The number of nitrogens with zero attached hydrogens (tertiary/aromatic N) is 3. The lowest BCUT2D eigenvalue weighted by molar-refractivity contribution is 0.0391. The van der Waals surface area contributed by atoms with Gasteiger partial charge in [0.1, 0.15) is 0 Å². The van der Waals surface area contributed by atoms with Crippen LogP contribution in [0.25, 0.3) is 10.2 Å². The van der Waals surface area contributed by atoms with Crippen LogP contribution < -0.4 is 4.90 Å². The van der Waals surface area contributed by atoms with Crippen molar-refractivity contribution >= 4 is 68.2 Å². The number of morpholine rings is 1. The van der Waals surface area contributed by atoms with Gasteiger partial charge in [0.25, 0.3) is 5.91 Å². The first-order valence-electron chi connectivity index (χ1n) is 9.46. The number of hydrogen-bond acceptors (Lipinski definition) is 5. The van der Waals surface area contributed by atoms with Crippen molar-refractivity contribution in [2.45, 2.75) is 6.92 Å². The van der Waals surface area contributed by atoms with Crippen molar-refractivity contribution in [1.29, 1.82) is 0 Å². The number of carbonyl (C=O) groups is 1. The van der Waals surface area contributed by atoms with E-state index in [0.29, 0.717) is 40.5 Å². The smallest absolute Gasteiger partial charge is 0.261 e. The van der Waals surface area contributed by atoms with Crippen molar-refractivity contribution in [3.63, 3.8) is 0 Å². The zero-order valence-corrected chi connectivity index (χ0v) is 19.6. The number of aryl methyl sites for hydroxylation is 1. The normalized spacial score (nSPS) is 14.5. The Morgan fingerprint density at radius 3 is 2.73 bits per heavy atom. The molecule has 0 atom stereocenters. The third kappa shape index (κ3) is 5.07. The predicted molar refractivity (Wildman–Crippen MR) is 127 cm³/mol. The highest BCUT2D eigenvalue weighted by Crippen LogP contribution is 2.32.